The average molecular weight is 287 g/mol. The number of hydrogen-bond acceptors (Lipinski definition) is 3. The third kappa shape index (κ3) is 3.60. The normalized spacial score (nSPS) is 10.3. The van der Waals surface area contributed by atoms with Gasteiger partial charge in [0.05, 0.1) is 12.7 Å². The van der Waals surface area contributed by atoms with Gasteiger partial charge < -0.3 is 9.64 Å². The second-order valence-electron chi connectivity index (χ2n) is 5.00. The molecule has 0 radical (unpaired) electrons. The lowest BCUT2D eigenvalue weighted by atomic mass is 10.1. The number of ether oxygens (including phenoxy) is 1. The average Bonchev–Trinajstić information content (AvgIpc) is 2.47. The first-order valence-corrected chi connectivity index (χ1v) is 6.66. The Bertz CT molecular complexity index is 638. The molecule has 2 aromatic rings. The number of methoxy groups -OCH3 is 1. The van der Waals surface area contributed by atoms with Gasteiger partial charge in [0.15, 0.2) is 0 Å². The van der Waals surface area contributed by atoms with Crippen molar-refractivity contribution < 1.29 is 13.9 Å². The Morgan fingerprint density at radius 1 is 1.19 bits per heavy atom. The zero-order valence-corrected chi connectivity index (χ0v) is 12.4. The number of carbonyl (C=O) groups excluding carboxylic acids is 1. The Labute approximate surface area is 124 Å². The summed E-state index contributed by atoms with van der Waals surface area (Å²) in [5.41, 5.74) is 3.00. The topological polar surface area (TPSA) is 29.5 Å². The first-order valence-electron chi connectivity index (χ1n) is 6.66. The fourth-order valence-electron chi connectivity index (χ4n) is 2.10. The van der Waals surface area contributed by atoms with Crippen LogP contribution in [0.2, 0.25) is 0 Å². The van der Waals surface area contributed by atoms with Gasteiger partial charge in [-0.3, -0.25) is 0 Å². The summed E-state index contributed by atoms with van der Waals surface area (Å²) in [4.78, 5) is 13.4. The SMILES string of the molecule is COC(=O)c1ccc(CN(C)c2ccc(C)cc2)cc1F. The number of hydrogen-bond donors (Lipinski definition) is 0. The fourth-order valence-corrected chi connectivity index (χ4v) is 2.10. The fraction of sp³-hybridized carbons (Fsp3) is 0.235. The summed E-state index contributed by atoms with van der Waals surface area (Å²) in [7, 11) is 3.18. The van der Waals surface area contributed by atoms with E-state index >= 15 is 0 Å². The highest BCUT2D eigenvalue weighted by Crippen LogP contribution is 2.18. The van der Waals surface area contributed by atoms with Gasteiger partial charge in [0.2, 0.25) is 0 Å². The zero-order valence-electron chi connectivity index (χ0n) is 12.4. The Balaban J connectivity index is 2.14. The van der Waals surface area contributed by atoms with Crippen LogP contribution in [0.4, 0.5) is 10.1 Å². The lowest BCUT2D eigenvalue weighted by molar-refractivity contribution is 0.0595. The van der Waals surface area contributed by atoms with Gasteiger partial charge in [-0.2, -0.15) is 0 Å². The Hall–Kier alpha value is -2.36. The van der Waals surface area contributed by atoms with Crippen molar-refractivity contribution in [2.75, 3.05) is 19.1 Å². The van der Waals surface area contributed by atoms with E-state index < -0.39 is 11.8 Å². The van der Waals surface area contributed by atoms with Gasteiger partial charge in [0, 0.05) is 19.3 Å². The van der Waals surface area contributed by atoms with Gasteiger partial charge in [-0.15, -0.1) is 0 Å². The molecule has 2 aromatic carbocycles. The van der Waals surface area contributed by atoms with Crippen LogP contribution in [0.1, 0.15) is 21.5 Å². The van der Waals surface area contributed by atoms with Crippen LogP contribution >= 0.6 is 0 Å². The largest absolute Gasteiger partial charge is 0.465 e. The first kappa shape index (κ1) is 15.0. The van der Waals surface area contributed by atoms with Crippen LogP contribution in [0, 0.1) is 12.7 Å². The minimum atomic E-state index is -0.661. The third-order valence-electron chi connectivity index (χ3n) is 3.33. The summed E-state index contributed by atoms with van der Waals surface area (Å²) in [5, 5.41) is 0. The van der Waals surface area contributed by atoms with Gasteiger partial charge in [0.25, 0.3) is 0 Å². The van der Waals surface area contributed by atoms with Crippen molar-refractivity contribution in [2.24, 2.45) is 0 Å². The molecule has 21 heavy (non-hydrogen) atoms. The second-order valence-corrected chi connectivity index (χ2v) is 5.00. The van der Waals surface area contributed by atoms with Gasteiger partial charge in [-0.25, -0.2) is 9.18 Å². The van der Waals surface area contributed by atoms with Gasteiger partial charge >= 0.3 is 5.97 Å². The maximum absolute atomic E-state index is 13.9. The molecule has 110 valence electrons. The van der Waals surface area contributed by atoms with Crippen molar-refractivity contribution in [1.82, 2.24) is 0 Å². The minimum absolute atomic E-state index is 0.0424. The summed E-state index contributed by atoms with van der Waals surface area (Å²) in [5.74, 6) is -1.22. The molecule has 3 nitrogen and oxygen atoms in total. The van der Waals surface area contributed by atoms with E-state index in [-0.39, 0.29) is 5.56 Å². The van der Waals surface area contributed by atoms with E-state index in [1.165, 1.54) is 24.8 Å². The number of esters is 1. The van der Waals surface area contributed by atoms with E-state index in [1.54, 1.807) is 6.07 Å². The van der Waals surface area contributed by atoms with Crippen molar-refractivity contribution >= 4 is 11.7 Å². The molecular weight excluding hydrogens is 269 g/mol. The predicted octanol–water partition coefficient (Wildman–Crippen LogP) is 3.56. The van der Waals surface area contributed by atoms with Crippen molar-refractivity contribution in [1.29, 1.82) is 0 Å². The monoisotopic (exact) mass is 287 g/mol. The highest BCUT2D eigenvalue weighted by Gasteiger charge is 2.13. The number of anilines is 1. The van der Waals surface area contributed by atoms with E-state index in [0.29, 0.717) is 6.54 Å². The lowest BCUT2D eigenvalue weighted by Gasteiger charge is -2.19. The molecule has 0 heterocycles. The molecule has 0 aliphatic carbocycles. The molecule has 0 amide bonds. The maximum Gasteiger partial charge on any atom is 0.340 e. The van der Waals surface area contributed by atoms with Crippen LogP contribution < -0.4 is 4.90 Å². The molecule has 0 bridgehead atoms. The molecule has 4 heteroatoms. The highest BCUT2D eigenvalue weighted by molar-refractivity contribution is 5.89. The molecule has 0 aromatic heterocycles. The minimum Gasteiger partial charge on any atom is -0.465 e. The van der Waals surface area contributed by atoms with Crippen molar-refractivity contribution in [2.45, 2.75) is 13.5 Å². The summed E-state index contributed by atoms with van der Waals surface area (Å²) in [6.07, 6.45) is 0. The van der Waals surface area contributed by atoms with Crippen LogP contribution in [0.3, 0.4) is 0 Å². The Morgan fingerprint density at radius 3 is 2.43 bits per heavy atom. The molecule has 0 spiro atoms. The summed E-state index contributed by atoms with van der Waals surface area (Å²) < 4.78 is 18.4. The molecule has 0 saturated heterocycles. The van der Waals surface area contributed by atoms with Crippen LogP contribution in [0.25, 0.3) is 0 Å². The molecule has 0 aliphatic rings. The molecule has 0 aliphatic heterocycles. The smallest absolute Gasteiger partial charge is 0.340 e. The molecule has 2 rings (SSSR count). The maximum atomic E-state index is 13.9. The molecule has 0 unspecified atom stereocenters. The van der Waals surface area contributed by atoms with Crippen molar-refractivity contribution in [3.8, 4) is 0 Å². The first-order chi connectivity index (χ1) is 10.0. The van der Waals surface area contributed by atoms with Crippen LogP contribution in [0.15, 0.2) is 42.5 Å². The van der Waals surface area contributed by atoms with E-state index in [1.807, 2.05) is 43.1 Å². The standard InChI is InChI=1S/C17H18FNO2/c1-12-4-7-14(8-5-12)19(2)11-13-6-9-15(16(18)10-13)17(20)21-3/h4-10H,11H2,1-3H3. The number of benzene rings is 2. The van der Waals surface area contributed by atoms with Gasteiger partial charge in [-0.05, 0) is 36.8 Å². The number of carbonyl (C=O) groups is 1. The predicted molar refractivity (Wildman–Crippen MR) is 81.0 cm³/mol. The number of aryl methyl sites for hydroxylation is 1. The second kappa shape index (κ2) is 6.39. The van der Waals surface area contributed by atoms with Gasteiger partial charge in [-0.1, -0.05) is 23.8 Å². The van der Waals surface area contributed by atoms with E-state index in [0.717, 1.165) is 11.3 Å². The summed E-state index contributed by atoms with van der Waals surface area (Å²) in [6, 6.07) is 12.7. The van der Waals surface area contributed by atoms with Crippen LogP contribution in [0.5, 0.6) is 0 Å². The van der Waals surface area contributed by atoms with E-state index in [9.17, 15) is 9.18 Å². The lowest BCUT2D eigenvalue weighted by Crippen LogP contribution is -2.16. The summed E-state index contributed by atoms with van der Waals surface area (Å²) in [6.45, 7) is 2.59. The Morgan fingerprint density at radius 2 is 1.86 bits per heavy atom. The van der Waals surface area contributed by atoms with Crippen LogP contribution in [-0.4, -0.2) is 20.1 Å². The highest BCUT2D eigenvalue weighted by atomic mass is 19.1. The van der Waals surface area contributed by atoms with Crippen LogP contribution in [-0.2, 0) is 11.3 Å². The number of nitrogens with zero attached hydrogens (tertiary/aromatic N) is 1. The quantitative estimate of drug-likeness (QED) is 0.805. The van der Waals surface area contributed by atoms with Crippen molar-refractivity contribution in [3.63, 3.8) is 0 Å². The van der Waals surface area contributed by atoms with E-state index in [4.69, 9.17) is 0 Å². The molecule has 0 N–H and O–H groups in total. The van der Waals surface area contributed by atoms with Crippen molar-refractivity contribution in [3.05, 3.63) is 65.0 Å². The summed E-state index contributed by atoms with van der Waals surface area (Å²) >= 11 is 0. The van der Waals surface area contributed by atoms with E-state index in [2.05, 4.69) is 4.74 Å². The van der Waals surface area contributed by atoms with Gasteiger partial charge in [0.1, 0.15) is 5.82 Å². The Kier molecular flexibility index (Phi) is 4.58. The molecule has 0 atom stereocenters. The third-order valence-corrected chi connectivity index (χ3v) is 3.33. The molecule has 0 fully saturated rings. The number of halogens is 1. The number of rotatable bonds is 4. The molecule has 0 saturated carbocycles. The molecular formula is C17H18FNO2. The zero-order chi connectivity index (χ0) is 15.4.